The molecule has 1 aliphatic rings. The minimum Gasteiger partial charge on any atom is -0.493 e. The molecule has 1 atom stereocenters. The number of thioether (sulfide) groups is 1. The van der Waals surface area contributed by atoms with Gasteiger partial charge in [-0.3, -0.25) is 10.1 Å². The fraction of sp³-hybridized carbons (Fsp3) is 0.462. The summed E-state index contributed by atoms with van der Waals surface area (Å²) in [6, 6.07) is 5.35. The SMILES string of the molecule is COc1ccc(N(C)C(=O)C2CSCN2)cc1OC. The molecule has 1 aliphatic heterocycles. The molecule has 1 fully saturated rings. The van der Waals surface area contributed by atoms with Crippen molar-refractivity contribution in [3.05, 3.63) is 18.2 Å². The summed E-state index contributed by atoms with van der Waals surface area (Å²) in [6.07, 6.45) is 0. The number of likely N-dealkylation sites (N-methyl/N-ethyl adjacent to an activating group) is 1. The zero-order valence-electron chi connectivity index (χ0n) is 11.3. The van der Waals surface area contributed by atoms with Crippen molar-refractivity contribution >= 4 is 23.4 Å². The first-order chi connectivity index (χ1) is 9.17. The number of amides is 1. The van der Waals surface area contributed by atoms with Gasteiger partial charge in [0, 0.05) is 30.4 Å². The smallest absolute Gasteiger partial charge is 0.244 e. The van der Waals surface area contributed by atoms with Crippen LogP contribution in [0.1, 0.15) is 0 Å². The monoisotopic (exact) mass is 282 g/mol. The standard InChI is InChI=1S/C13H18N2O3S/c1-15(13(16)10-7-19-8-14-10)9-4-5-11(17-2)12(6-9)18-3/h4-6,10,14H,7-8H2,1-3H3. The number of hydrogen-bond acceptors (Lipinski definition) is 5. The molecule has 104 valence electrons. The molecule has 1 unspecified atom stereocenters. The molecule has 1 aromatic carbocycles. The van der Waals surface area contributed by atoms with E-state index < -0.39 is 0 Å². The van der Waals surface area contributed by atoms with Crippen LogP contribution in [-0.2, 0) is 4.79 Å². The molecule has 5 nitrogen and oxygen atoms in total. The largest absolute Gasteiger partial charge is 0.493 e. The first kappa shape index (κ1) is 14.0. The molecule has 0 aromatic heterocycles. The summed E-state index contributed by atoms with van der Waals surface area (Å²) < 4.78 is 10.4. The van der Waals surface area contributed by atoms with E-state index in [4.69, 9.17) is 9.47 Å². The number of carbonyl (C=O) groups excluding carboxylic acids is 1. The van der Waals surface area contributed by atoms with Crippen LogP contribution in [0.4, 0.5) is 5.69 Å². The molecular weight excluding hydrogens is 264 g/mol. The van der Waals surface area contributed by atoms with Gasteiger partial charge in [-0.05, 0) is 12.1 Å². The Balaban J connectivity index is 2.18. The first-order valence-corrected chi connectivity index (χ1v) is 7.13. The minimum absolute atomic E-state index is 0.0669. The Kier molecular flexibility index (Phi) is 4.55. The Labute approximate surface area is 117 Å². The van der Waals surface area contributed by atoms with Crippen molar-refractivity contribution in [1.82, 2.24) is 5.32 Å². The third kappa shape index (κ3) is 2.96. The Morgan fingerprint density at radius 2 is 2.11 bits per heavy atom. The van der Waals surface area contributed by atoms with Gasteiger partial charge in [-0.15, -0.1) is 11.8 Å². The molecule has 6 heteroatoms. The Bertz CT molecular complexity index is 461. The summed E-state index contributed by atoms with van der Waals surface area (Å²) in [4.78, 5) is 13.9. The van der Waals surface area contributed by atoms with Gasteiger partial charge in [-0.25, -0.2) is 0 Å². The number of nitrogens with one attached hydrogen (secondary N) is 1. The van der Waals surface area contributed by atoms with E-state index in [-0.39, 0.29) is 11.9 Å². The van der Waals surface area contributed by atoms with Crippen LogP contribution in [0.5, 0.6) is 11.5 Å². The predicted octanol–water partition coefficient (Wildman–Crippen LogP) is 1.33. The molecule has 1 heterocycles. The van der Waals surface area contributed by atoms with E-state index in [1.54, 1.807) is 50.1 Å². The predicted molar refractivity (Wildman–Crippen MR) is 77.2 cm³/mol. The zero-order valence-corrected chi connectivity index (χ0v) is 12.1. The Hall–Kier alpha value is -1.40. The minimum atomic E-state index is -0.108. The van der Waals surface area contributed by atoms with Crippen LogP contribution < -0.4 is 19.7 Å². The summed E-state index contributed by atoms with van der Waals surface area (Å²) in [6.45, 7) is 0. The van der Waals surface area contributed by atoms with Gasteiger partial charge in [0.25, 0.3) is 0 Å². The van der Waals surface area contributed by atoms with Crippen LogP contribution in [-0.4, -0.2) is 44.8 Å². The highest BCUT2D eigenvalue weighted by atomic mass is 32.2. The molecule has 1 amide bonds. The van der Waals surface area contributed by atoms with Gasteiger partial charge >= 0.3 is 0 Å². The topological polar surface area (TPSA) is 50.8 Å². The van der Waals surface area contributed by atoms with Gasteiger partial charge in [0.2, 0.25) is 5.91 Å². The zero-order chi connectivity index (χ0) is 13.8. The Morgan fingerprint density at radius 1 is 1.37 bits per heavy atom. The van der Waals surface area contributed by atoms with Crippen molar-refractivity contribution in [2.75, 3.05) is 37.8 Å². The van der Waals surface area contributed by atoms with Gasteiger partial charge in [0.1, 0.15) is 0 Å². The third-order valence-corrected chi connectivity index (χ3v) is 4.04. The van der Waals surface area contributed by atoms with Crippen LogP contribution in [0.25, 0.3) is 0 Å². The van der Waals surface area contributed by atoms with Crippen molar-refractivity contribution in [2.24, 2.45) is 0 Å². The number of anilines is 1. The van der Waals surface area contributed by atoms with Gasteiger partial charge < -0.3 is 14.4 Å². The van der Waals surface area contributed by atoms with Gasteiger partial charge in [-0.1, -0.05) is 0 Å². The molecule has 2 rings (SSSR count). The quantitative estimate of drug-likeness (QED) is 0.903. The van der Waals surface area contributed by atoms with Crippen molar-refractivity contribution in [3.8, 4) is 11.5 Å². The number of benzene rings is 1. The van der Waals surface area contributed by atoms with Gasteiger partial charge in [-0.2, -0.15) is 0 Å². The Morgan fingerprint density at radius 3 is 2.68 bits per heavy atom. The van der Waals surface area contributed by atoms with E-state index >= 15 is 0 Å². The number of hydrogen-bond donors (Lipinski definition) is 1. The molecule has 0 bridgehead atoms. The lowest BCUT2D eigenvalue weighted by Gasteiger charge is -2.22. The molecule has 1 aromatic rings. The first-order valence-electron chi connectivity index (χ1n) is 5.98. The van der Waals surface area contributed by atoms with Crippen LogP contribution in [0.15, 0.2) is 18.2 Å². The van der Waals surface area contributed by atoms with E-state index in [1.165, 1.54) is 0 Å². The fourth-order valence-electron chi connectivity index (χ4n) is 1.95. The van der Waals surface area contributed by atoms with E-state index in [9.17, 15) is 4.79 Å². The normalized spacial score (nSPS) is 18.2. The average Bonchev–Trinajstić information content (AvgIpc) is 2.99. The van der Waals surface area contributed by atoms with Crippen LogP contribution in [0, 0.1) is 0 Å². The van der Waals surface area contributed by atoms with Crippen LogP contribution in [0.2, 0.25) is 0 Å². The lowest BCUT2D eigenvalue weighted by atomic mass is 10.2. The van der Waals surface area contributed by atoms with Crippen molar-refractivity contribution in [3.63, 3.8) is 0 Å². The van der Waals surface area contributed by atoms with E-state index in [1.807, 2.05) is 6.07 Å². The molecule has 19 heavy (non-hydrogen) atoms. The molecule has 0 spiro atoms. The molecular formula is C13H18N2O3S. The summed E-state index contributed by atoms with van der Waals surface area (Å²) in [5, 5.41) is 3.17. The second kappa shape index (κ2) is 6.16. The second-order valence-corrected chi connectivity index (χ2v) is 5.24. The van der Waals surface area contributed by atoms with Crippen LogP contribution >= 0.6 is 11.8 Å². The maximum Gasteiger partial charge on any atom is 0.244 e. The summed E-state index contributed by atoms with van der Waals surface area (Å²) in [5.41, 5.74) is 0.793. The lowest BCUT2D eigenvalue weighted by Crippen LogP contribution is -2.43. The number of nitrogens with zero attached hydrogens (tertiary/aromatic N) is 1. The molecule has 0 radical (unpaired) electrons. The van der Waals surface area contributed by atoms with Crippen molar-refractivity contribution < 1.29 is 14.3 Å². The average molecular weight is 282 g/mol. The molecule has 0 aliphatic carbocycles. The highest BCUT2D eigenvalue weighted by molar-refractivity contribution is 7.99. The van der Waals surface area contributed by atoms with Crippen molar-refractivity contribution in [1.29, 1.82) is 0 Å². The van der Waals surface area contributed by atoms with E-state index in [0.29, 0.717) is 11.5 Å². The molecule has 1 saturated heterocycles. The van der Waals surface area contributed by atoms with E-state index in [0.717, 1.165) is 17.3 Å². The summed E-state index contributed by atoms with van der Waals surface area (Å²) in [5.74, 6) is 2.99. The maximum absolute atomic E-state index is 12.3. The fourth-order valence-corrected chi connectivity index (χ4v) is 2.88. The second-order valence-electron chi connectivity index (χ2n) is 4.21. The number of ether oxygens (including phenoxy) is 2. The maximum atomic E-state index is 12.3. The summed E-state index contributed by atoms with van der Waals surface area (Å²) in [7, 11) is 4.94. The van der Waals surface area contributed by atoms with Crippen LogP contribution in [0.3, 0.4) is 0 Å². The highest BCUT2D eigenvalue weighted by Crippen LogP contribution is 2.31. The van der Waals surface area contributed by atoms with Gasteiger partial charge in [0.05, 0.1) is 20.3 Å². The van der Waals surface area contributed by atoms with E-state index in [2.05, 4.69) is 5.32 Å². The lowest BCUT2D eigenvalue weighted by molar-refractivity contribution is -0.119. The molecule has 1 N–H and O–H groups in total. The number of rotatable bonds is 4. The number of methoxy groups -OCH3 is 2. The molecule has 0 saturated carbocycles. The third-order valence-electron chi connectivity index (χ3n) is 3.10. The summed E-state index contributed by atoms with van der Waals surface area (Å²) >= 11 is 1.73. The highest BCUT2D eigenvalue weighted by Gasteiger charge is 2.26. The van der Waals surface area contributed by atoms with Gasteiger partial charge in [0.15, 0.2) is 11.5 Å². The number of carbonyl (C=O) groups is 1. The van der Waals surface area contributed by atoms with Crippen molar-refractivity contribution in [2.45, 2.75) is 6.04 Å².